The van der Waals surface area contributed by atoms with Gasteiger partial charge in [-0.1, -0.05) is 143 Å². The molecular weight excluding hydrogens is 653 g/mol. The van der Waals surface area contributed by atoms with Crippen LogP contribution in [-0.2, 0) is 10.8 Å². The van der Waals surface area contributed by atoms with E-state index in [4.69, 9.17) is 0 Å². The van der Waals surface area contributed by atoms with Crippen molar-refractivity contribution in [2.24, 2.45) is 0 Å². The van der Waals surface area contributed by atoms with Gasteiger partial charge in [0.15, 0.2) is 0 Å². The maximum Gasteiger partial charge on any atom is 0.0582 e. The third kappa shape index (κ3) is 4.23. The summed E-state index contributed by atoms with van der Waals surface area (Å²) in [6.45, 7) is 9.49. The van der Waals surface area contributed by atoms with Gasteiger partial charge in [-0.15, -0.1) is 0 Å². The van der Waals surface area contributed by atoms with Crippen LogP contribution in [0.1, 0.15) is 49.9 Å². The highest BCUT2D eigenvalue weighted by Gasteiger charge is 2.37. The number of nitrogens with zero attached hydrogens (tertiary/aromatic N) is 2. The Kier molecular flexibility index (Phi) is 6.39. The highest BCUT2D eigenvalue weighted by atomic mass is 15.1. The first-order valence-corrected chi connectivity index (χ1v) is 19.1. The SMILES string of the molecule is CC1(C)c2ccccc2-c2ccc(N(c3ccc(-c4cc5c6c(c4)c4ccccc4n6-c4ccccc4C5(C)C)cc3)c3cccc4ccccc34)cc21. The Labute approximate surface area is 316 Å². The molecule has 54 heavy (non-hydrogen) atoms. The van der Waals surface area contributed by atoms with Gasteiger partial charge in [-0.2, -0.15) is 0 Å². The van der Waals surface area contributed by atoms with Crippen molar-refractivity contribution in [3.63, 3.8) is 0 Å². The van der Waals surface area contributed by atoms with E-state index in [0.29, 0.717) is 0 Å². The van der Waals surface area contributed by atoms with E-state index < -0.39 is 0 Å². The second kappa shape index (κ2) is 11.1. The van der Waals surface area contributed by atoms with Crippen LogP contribution in [0, 0.1) is 0 Å². The topological polar surface area (TPSA) is 8.17 Å². The van der Waals surface area contributed by atoms with E-state index in [1.807, 2.05) is 0 Å². The standard InChI is InChI=1S/C52H40N2/c1-51(2)43-19-9-7-17-39(43)40-29-28-37(32-45(40)51)53(47-23-13-15-34-14-5-6-16-38(34)47)36-26-24-33(25-27-36)35-30-42-41-18-8-11-21-48(41)54-49-22-12-10-20-44(49)52(3,4)46(31-35)50(42)54/h5-32H,1-4H3. The molecule has 0 saturated carbocycles. The average Bonchev–Trinajstić information content (AvgIpc) is 3.66. The summed E-state index contributed by atoms with van der Waals surface area (Å²) in [7, 11) is 0. The van der Waals surface area contributed by atoms with Gasteiger partial charge in [0.2, 0.25) is 0 Å². The molecule has 2 heterocycles. The first-order chi connectivity index (χ1) is 26.3. The molecule has 0 saturated heterocycles. The summed E-state index contributed by atoms with van der Waals surface area (Å²) < 4.78 is 2.49. The summed E-state index contributed by atoms with van der Waals surface area (Å²) in [6, 6.07) is 63.3. The van der Waals surface area contributed by atoms with Crippen molar-refractivity contribution in [2.45, 2.75) is 38.5 Å². The van der Waals surface area contributed by atoms with E-state index >= 15 is 0 Å². The molecule has 8 aromatic carbocycles. The van der Waals surface area contributed by atoms with Gasteiger partial charge in [0, 0.05) is 38.4 Å². The van der Waals surface area contributed by atoms with Gasteiger partial charge in [0.05, 0.1) is 22.4 Å². The van der Waals surface area contributed by atoms with E-state index in [-0.39, 0.29) is 10.8 Å². The van der Waals surface area contributed by atoms with Gasteiger partial charge in [-0.3, -0.25) is 0 Å². The third-order valence-electron chi connectivity index (χ3n) is 12.6. The Morgan fingerprint density at radius 2 is 1.07 bits per heavy atom. The molecule has 0 atom stereocenters. The van der Waals surface area contributed by atoms with Crippen LogP contribution >= 0.6 is 0 Å². The van der Waals surface area contributed by atoms with Crippen LogP contribution in [0.25, 0.3) is 60.5 Å². The van der Waals surface area contributed by atoms with Crippen molar-refractivity contribution >= 4 is 49.6 Å². The van der Waals surface area contributed by atoms with Crippen molar-refractivity contribution in [1.29, 1.82) is 0 Å². The van der Waals surface area contributed by atoms with Gasteiger partial charge in [-0.05, 0) is 104 Å². The maximum atomic E-state index is 2.49. The van der Waals surface area contributed by atoms with Crippen molar-refractivity contribution in [2.75, 3.05) is 4.90 Å². The normalized spacial score (nSPS) is 14.6. The number of anilines is 3. The summed E-state index contributed by atoms with van der Waals surface area (Å²) in [4.78, 5) is 2.45. The molecule has 1 aliphatic carbocycles. The molecule has 2 heteroatoms. The van der Waals surface area contributed by atoms with Crippen LogP contribution in [0.5, 0.6) is 0 Å². The molecular formula is C52H40N2. The molecule has 0 fully saturated rings. The lowest BCUT2D eigenvalue weighted by Crippen LogP contribution is -2.26. The number of benzene rings is 8. The minimum Gasteiger partial charge on any atom is -0.310 e. The molecule has 0 bridgehead atoms. The number of hydrogen-bond acceptors (Lipinski definition) is 1. The lowest BCUT2D eigenvalue weighted by atomic mass is 9.74. The quantitative estimate of drug-likeness (QED) is 0.178. The number of rotatable bonds is 4. The predicted octanol–water partition coefficient (Wildman–Crippen LogP) is 14.0. The lowest BCUT2D eigenvalue weighted by molar-refractivity contribution is 0.630. The molecule has 0 amide bonds. The molecule has 1 aromatic heterocycles. The van der Waals surface area contributed by atoms with Gasteiger partial charge in [-0.25, -0.2) is 0 Å². The summed E-state index contributed by atoms with van der Waals surface area (Å²) in [5.41, 5.74) is 17.7. The number of aromatic nitrogens is 1. The zero-order valence-corrected chi connectivity index (χ0v) is 31.1. The smallest absolute Gasteiger partial charge is 0.0582 e. The molecule has 0 unspecified atom stereocenters. The summed E-state index contributed by atoms with van der Waals surface area (Å²) in [5.74, 6) is 0. The van der Waals surface area contributed by atoms with E-state index in [1.54, 1.807) is 0 Å². The van der Waals surface area contributed by atoms with Gasteiger partial charge < -0.3 is 9.47 Å². The minimum atomic E-state index is -0.151. The van der Waals surface area contributed by atoms with E-state index in [9.17, 15) is 0 Å². The summed E-state index contributed by atoms with van der Waals surface area (Å²) in [6.07, 6.45) is 0. The van der Waals surface area contributed by atoms with Crippen LogP contribution in [0.4, 0.5) is 17.1 Å². The van der Waals surface area contributed by atoms with Gasteiger partial charge in [0.25, 0.3) is 0 Å². The average molecular weight is 693 g/mol. The maximum absolute atomic E-state index is 2.49. The third-order valence-corrected chi connectivity index (χ3v) is 12.6. The van der Waals surface area contributed by atoms with Crippen LogP contribution in [0.3, 0.4) is 0 Å². The minimum absolute atomic E-state index is 0.0907. The molecule has 1 aliphatic heterocycles. The molecule has 258 valence electrons. The van der Waals surface area contributed by atoms with Crippen LogP contribution in [0.15, 0.2) is 170 Å². The Balaban J connectivity index is 1.09. The van der Waals surface area contributed by atoms with E-state index in [0.717, 1.165) is 11.4 Å². The number of fused-ring (bicyclic) bond motifs is 9. The van der Waals surface area contributed by atoms with Gasteiger partial charge in [0.1, 0.15) is 0 Å². The summed E-state index contributed by atoms with van der Waals surface area (Å²) in [5, 5.41) is 5.07. The fraction of sp³-hybridized carbons (Fsp3) is 0.115. The molecule has 11 rings (SSSR count). The van der Waals surface area contributed by atoms with Crippen LogP contribution in [0.2, 0.25) is 0 Å². The second-order valence-electron chi connectivity index (χ2n) is 16.2. The van der Waals surface area contributed by atoms with Crippen molar-refractivity contribution in [3.8, 4) is 27.9 Å². The Morgan fingerprint density at radius 3 is 1.93 bits per heavy atom. The second-order valence-corrected chi connectivity index (χ2v) is 16.2. The van der Waals surface area contributed by atoms with Crippen molar-refractivity contribution in [3.05, 3.63) is 192 Å². The zero-order chi connectivity index (χ0) is 36.3. The molecule has 2 nitrogen and oxygen atoms in total. The zero-order valence-electron chi connectivity index (χ0n) is 31.1. The molecule has 9 aromatic rings. The first-order valence-electron chi connectivity index (χ1n) is 19.1. The van der Waals surface area contributed by atoms with Crippen LogP contribution < -0.4 is 4.90 Å². The summed E-state index contributed by atoms with van der Waals surface area (Å²) >= 11 is 0. The highest BCUT2D eigenvalue weighted by molar-refractivity contribution is 6.13. The first kappa shape index (κ1) is 31.2. The Hall–Kier alpha value is -6.38. The van der Waals surface area contributed by atoms with E-state index in [2.05, 4.69) is 207 Å². The fourth-order valence-electron chi connectivity index (χ4n) is 9.80. The molecule has 2 aliphatic rings. The largest absolute Gasteiger partial charge is 0.310 e. The molecule has 0 radical (unpaired) electrons. The van der Waals surface area contributed by atoms with E-state index in [1.165, 1.54) is 88.5 Å². The number of para-hydroxylation sites is 2. The Morgan fingerprint density at radius 1 is 0.426 bits per heavy atom. The van der Waals surface area contributed by atoms with Crippen LogP contribution in [-0.4, -0.2) is 4.57 Å². The van der Waals surface area contributed by atoms with Crippen molar-refractivity contribution in [1.82, 2.24) is 4.57 Å². The molecule has 0 spiro atoms. The highest BCUT2D eigenvalue weighted by Crippen LogP contribution is 2.52. The Bertz CT molecular complexity index is 2990. The number of hydrogen-bond donors (Lipinski definition) is 0. The fourth-order valence-corrected chi connectivity index (χ4v) is 9.80. The lowest BCUT2D eigenvalue weighted by Gasteiger charge is -2.35. The van der Waals surface area contributed by atoms with Gasteiger partial charge >= 0.3 is 0 Å². The predicted molar refractivity (Wildman–Crippen MR) is 228 cm³/mol. The van der Waals surface area contributed by atoms with Crippen molar-refractivity contribution < 1.29 is 0 Å². The monoisotopic (exact) mass is 692 g/mol. The molecule has 0 N–H and O–H groups in total.